The first kappa shape index (κ1) is 19.3. The van der Waals surface area contributed by atoms with Crippen molar-refractivity contribution in [1.82, 2.24) is 5.32 Å². The van der Waals surface area contributed by atoms with Gasteiger partial charge in [-0.05, 0) is 36.4 Å². The second kappa shape index (κ2) is 7.87. The zero-order chi connectivity index (χ0) is 19.3. The van der Waals surface area contributed by atoms with Crippen molar-refractivity contribution in [2.75, 3.05) is 26.0 Å². The third kappa shape index (κ3) is 4.12. The van der Waals surface area contributed by atoms with E-state index in [0.29, 0.717) is 0 Å². The van der Waals surface area contributed by atoms with Crippen LogP contribution in [0.5, 0.6) is 5.75 Å². The summed E-state index contributed by atoms with van der Waals surface area (Å²) in [4.78, 5) is 23.2. The second-order valence-electron chi connectivity index (χ2n) is 5.12. The summed E-state index contributed by atoms with van der Waals surface area (Å²) in [6.07, 6.45) is 0. The maximum Gasteiger partial charge on any atom is 0.337 e. The van der Waals surface area contributed by atoms with E-state index in [-0.39, 0.29) is 33.4 Å². The molecule has 0 saturated heterocycles. The largest absolute Gasteiger partial charge is 0.495 e. The van der Waals surface area contributed by atoms with Crippen LogP contribution >= 0.6 is 0 Å². The summed E-state index contributed by atoms with van der Waals surface area (Å²) in [6, 6.07) is 9.75. The Kier molecular flexibility index (Phi) is 5.83. The number of hydrogen-bond acceptors (Lipinski definition) is 6. The molecule has 138 valence electrons. The molecule has 0 spiro atoms. The van der Waals surface area contributed by atoms with Gasteiger partial charge in [-0.25, -0.2) is 13.2 Å². The quantitative estimate of drug-likeness (QED) is 0.740. The van der Waals surface area contributed by atoms with Gasteiger partial charge in [-0.2, -0.15) is 0 Å². The number of anilines is 1. The first-order chi connectivity index (χ1) is 12.3. The minimum Gasteiger partial charge on any atom is -0.495 e. The maximum atomic E-state index is 12.7. The molecule has 2 aromatic rings. The van der Waals surface area contributed by atoms with Crippen LogP contribution in [0.2, 0.25) is 0 Å². The summed E-state index contributed by atoms with van der Waals surface area (Å²) in [5.41, 5.74) is 0.452. The van der Waals surface area contributed by atoms with Crippen molar-refractivity contribution in [3.05, 3.63) is 53.6 Å². The molecule has 0 aliphatic carbocycles. The fraction of sp³-hybridized carbons (Fsp3) is 0.176. The molecule has 2 N–H and O–H groups in total. The lowest BCUT2D eigenvalue weighted by Gasteiger charge is -2.13. The molecule has 0 heterocycles. The van der Waals surface area contributed by atoms with Crippen molar-refractivity contribution in [2.24, 2.45) is 0 Å². The number of esters is 1. The SMILES string of the molecule is CNC(=O)c1ccc(OC)c(NS(=O)(=O)c2cccc(C(=O)OC)c2)c1. The molecule has 0 aromatic heterocycles. The van der Waals surface area contributed by atoms with E-state index < -0.39 is 16.0 Å². The van der Waals surface area contributed by atoms with Gasteiger partial charge >= 0.3 is 5.97 Å². The molecule has 0 aliphatic heterocycles. The first-order valence-electron chi connectivity index (χ1n) is 7.43. The molecular formula is C17H18N2O6S. The van der Waals surface area contributed by atoms with Crippen LogP contribution in [0, 0.1) is 0 Å². The van der Waals surface area contributed by atoms with Crippen LogP contribution in [0.1, 0.15) is 20.7 Å². The molecule has 1 amide bonds. The fourth-order valence-electron chi connectivity index (χ4n) is 2.19. The van der Waals surface area contributed by atoms with Crippen molar-refractivity contribution in [1.29, 1.82) is 0 Å². The minimum absolute atomic E-state index is 0.0945. The molecule has 0 bridgehead atoms. The number of rotatable bonds is 6. The summed E-state index contributed by atoms with van der Waals surface area (Å²) in [5.74, 6) is -0.785. The number of amides is 1. The van der Waals surface area contributed by atoms with Crippen molar-refractivity contribution >= 4 is 27.6 Å². The summed E-state index contributed by atoms with van der Waals surface area (Å²) in [7, 11) is 0.0229. The molecule has 0 unspecified atom stereocenters. The van der Waals surface area contributed by atoms with E-state index in [9.17, 15) is 18.0 Å². The number of sulfonamides is 1. The van der Waals surface area contributed by atoms with Crippen LogP contribution in [0.4, 0.5) is 5.69 Å². The predicted molar refractivity (Wildman–Crippen MR) is 95.0 cm³/mol. The standard InChI is InChI=1S/C17H18N2O6S/c1-18-16(20)11-7-8-15(24-2)14(10-11)19-26(22,23)13-6-4-5-12(9-13)17(21)25-3/h4-10,19H,1-3H3,(H,18,20). The zero-order valence-corrected chi connectivity index (χ0v) is 15.2. The lowest BCUT2D eigenvalue weighted by atomic mass is 10.2. The van der Waals surface area contributed by atoms with Gasteiger partial charge in [0.05, 0.1) is 30.4 Å². The number of ether oxygens (including phenoxy) is 2. The summed E-state index contributed by atoms with van der Waals surface area (Å²) in [5, 5.41) is 2.46. The summed E-state index contributed by atoms with van der Waals surface area (Å²) in [6.45, 7) is 0. The Labute approximate surface area is 151 Å². The third-order valence-corrected chi connectivity index (χ3v) is 4.86. The zero-order valence-electron chi connectivity index (χ0n) is 14.4. The molecule has 26 heavy (non-hydrogen) atoms. The van der Waals surface area contributed by atoms with Crippen molar-refractivity contribution < 1.29 is 27.5 Å². The number of benzene rings is 2. The van der Waals surface area contributed by atoms with Crippen molar-refractivity contribution in [2.45, 2.75) is 4.90 Å². The van der Waals surface area contributed by atoms with Gasteiger partial charge in [-0.1, -0.05) is 6.07 Å². The predicted octanol–water partition coefficient (Wildman–Crippen LogP) is 1.64. The summed E-state index contributed by atoms with van der Waals surface area (Å²) >= 11 is 0. The van der Waals surface area contributed by atoms with Gasteiger partial charge in [0.2, 0.25) is 0 Å². The van der Waals surface area contributed by atoms with E-state index in [0.717, 1.165) is 0 Å². The highest BCUT2D eigenvalue weighted by molar-refractivity contribution is 7.92. The highest BCUT2D eigenvalue weighted by atomic mass is 32.2. The number of hydrogen-bond donors (Lipinski definition) is 2. The molecule has 0 fully saturated rings. The molecule has 2 rings (SSSR count). The Balaban J connectivity index is 2.43. The van der Waals surface area contributed by atoms with Crippen LogP contribution in [-0.4, -0.2) is 41.6 Å². The van der Waals surface area contributed by atoms with Crippen LogP contribution in [-0.2, 0) is 14.8 Å². The van der Waals surface area contributed by atoms with E-state index in [1.807, 2.05) is 0 Å². The third-order valence-electron chi connectivity index (χ3n) is 3.50. The first-order valence-corrected chi connectivity index (χ1v) is 8.92. The molecular weight excluding hydrogens is 360 g/mol. The lowest BCUT2D eigenvalue weighted by molar-refractivity contribution is 0.0600. The number of nitrogens with one attached hydrogen (secondary N) is 2. The van der Waals surface area contributed by atoms with Crippen LogP contribution < -0.4 is 14.8 Å². The molecule has 9 heteroatoms. The molecule has 8 nitrogen and oxygen atoms in total. The number of methoxy groups -OCH3 is 2. The topological polar surface area (TPSA) is 111 Å². The van der Waals surface area contributed by atoms with Gasteiger partial charge in [0.25, 0.3) is 15.9 Å². The number of carbonyl (C=O) groups excluding carboxylic acids is 2. The van der Waals surface area contributed by atoms with Crippen LogP contribution in [0.25, 0.3) is 0 Å². The Bertz CT molecular complexity index is 940. The van der Waals surface area contributed by atoms with E-state index in [1.54, 1.807) is 0 Å². The van der Waals surface area contributed by atoms with E-state index >= 15 is 0 Å². The Hall–Kier alpha value is -3.07. The second-order valence-corrected chi connectivity index (χ2v) is 6.80. The van der Waals surface area contributed by atoms with Gasteiger partial charge in [-0.15, -0.1) is 0 Å². The lowest BCUT2D eigenvalue weighted by Crippen LogP contribution is -2.19. The van der Waals surface area contributed by atoms with E-state index in [4.69, 9.17) is 4.74 Å². The minimum atomic E-state index is -4.03. The Morgan fingerprint density at radius 3 is 2.35 bits per heavy atom. The van der Waals surface area contributed by atoms with Gasteiger partial charge in [0, 0.05) is 12.6 Å². The normalized spacial score (nSPS) is 10.7. The van der Waals surface area contributed by atoms with Crippen molar-refractivity contribution in [3.63, 3.8) is 0 Å². The van der Waals surface area contributed by atoms with Crippen LogP contribution in [0.15, 0.2) is 47.4 Å². The van der Waals surface area contributed by atoms with E-state index in [1.165, 1.54) is 63.7 Å². The highest BCUT2D eigenvalue weighted by Crippen LogP contribution is 2.28. The Morgan fingerprint density at radius 2 is 1.73 bits per heavy atom. The summed E-state index contributed by atoms with van der Waals surface area (Å²) < 4.78 is 37.4. The number of carbonyl (C=O) groups is 2. The van der Waals surface area contributed by atoms with E-state index in [2.05, 4.69) is 14.8 Å². The molecule has 0 aliphatic rings. The van der Waals surface area contributed by atoms with Crippen molar-refractivity contribution in [3.8, 4) is 5.75 Å². The highest BCUT2D eigenvalue weighted by Gasteiger charge is 2.19. The molecule has 2 aromatic carbocycles. The monoisotopic (exact) mass is 378 g/mol. The molecule has 0 radical (unpaired) electrons. The van der Waals surface area contributed by atoms with Crippen LogP contribution in [0.3, 0.4) is 0 Å². The molecule has 0 atom stereocenters. The van der Waals surface area contributed by atoms with Gasteiger partial charge in [-0.3, -0.25) is 9.52 Å². The van der Waals surface area contributed by atoms with Gasteiger partial charge < -0.3 is 14.8 Å². The van der Waals surface area contributed by atoms with Gasteiger partial charge in [0.1, 0.15) is 5.75 Å². The smallest absolute Gasteiger partial charge is 0.337 e. The fourth-order valence-corrected chi connectivity index (χ4v) is 3.29. The molecule has 0 saturated carbocycles. The maximum absolute atomic E-state index is 12.7. The average molecular weight is 378 g/mol. The average Bonchev–Trinajstić information content (AvgIpc) is 2.66. The van der Waals surface area contributed by atoms with Gasteiger partial charge in [0.15, 0.2) is 0 Å². The Morgan fingerprint density at radius 1 is 1.00 bits per heavy atom.